The second-order valence-corrected chi connectivity index (χ2v) is 5.44. The van der Waals surface area contributed by atoms with Crippen LogP contribution < -0.4 is 4.74 Å². The second-order valence-electron chi connectivity index (χ2n) is 5.44. The van der Waals surface area contributed by atoms with Crippen LogP contribution in [0, 0.1) is 0 Å². The molecule has 118 valence electrons. The highest BCUT2D eigenvalue weighted by Gasteiger charge is 2.08. The summed E-state index contributed by atoms with van der Waals surface area (Å²) in [7, 11) is 0. The highest BCUT2D eigenvalue weighted by molar-refractivity contribution is 5.78. The maximum absolute atomic E-state index is 5.80. The van der Waals surface area contributed by atoms with Crippen molar-refractivity contribution in [2.45, 2.75) is 13.3 Å². The van der Waals surface area contributed by atoms with Crippen molar-refractivity contribution in [1.29, 1.82) is 0 Å². The number of para-hydroxylation sites is 2. The van der Waals surface area contributed by atoms with Gasteiger partial charge in [-0.15, -0.1) is 0 Å². The maximum atomic E-state index is 5.80. The van der Waals surface area contributed by atoms with Gasteiger partial charge in [0.2, 0.25) is 5.88 Å². The minimum atomic E-state index is 0.442. The van der Waals surface area contributed by atoms with E-state index in [0.29, 0.717) is 17.4 Å². The first-order chi connectivity index (χ1) is 11.8. The minimum absolute atomic E-state index is 0.442. The number of rotatable bonds is 4. The second kappa shape index (κ2) is 6.12. The van der Waals surface area contributed by atoms with E-state index in [1.165, 1.54) is 5.56 Å². The van der Waals surface area contributed by atoms with Crippen molar-refractivity contribution in [3.63, 3.8) is 0 Å². The number of aromatic amines is 1. The molecule has 0 saturated heterocycles. The molecule has 0 amide bonds. The van der Waals surface area contributed by atoms with E-state index in [1.807, 2.05) is 48.5 Å². The molecule has 0 bridgehead atoms. The number of H-pyrrole nitrogens is 1. The molecule has 0 aliphatic rings. The van der Waals surface area contributed by atoms with Gasteiger partial charge in [-0.3, -0.25) is 4.98 Å². The Kier molecular flexibility index (Phi) is 3.67. The van der Waals surface area contributed by atoms with E-state index >= 15 is 0 Å². The molecule has 0 radical (unpaired) electrons. The number of fused-ring (bicyclic) bond motifs is 1. The van der Waals surface area contributed by atoms with Gasteiger partial charge in [0.25, 0.3) is 0 Å². The molecule has 4 aromatic rings. The Morgan fingerprint density at radius 3 is 2.58 bits per heavy atom. The third-order valence-electron chi connectivity index (χ3n) is 3.80. The normalized spacial score (nSPS) is 10.9. The summed E-state index contributed by atoms with van der Waals surface area (Å²) >= 11 is 0. The average Bonchev–Trinajstić information content (AvgIpc) is 3.07. The summed E-state index contributed by atoms with van der Waals surface area (Å²) in [5.41, 5.74) is 3.78. The highest BCUT2D eigenvalue weighted by atomic mass is 16.5. The van der Waals surface area contributed by atoms with Crippen molar-refractivity contribution in [1.82, 2.24) is 19.9 Å². The lowest BCUT2D eigenvalue weighted by atomic mass is 10.2. The van der Waals surface area contributed by atoms with Gasteiger partial charge in [0.05, 0.1) is 23.4 Å². The Morgan fingerprint density at radius 2 is 1.79 bits per heavy atom. The molecule has 0 unspecified atom stereocenters. The van der Waals surface area contributed by atoms with Crippen LogP contribution in [0.2, 0.25) is 0 Å². The molecule has 0 saturated carbocycles. The fraction of sp³-hybridized carbons (Fsp3) is 0.105. The van der Waals surface area contributed by atoms with E-state index in [4.69, 9.17) is 4.74 Å². The van der Waals surface area contributed by atoms with E-state index in [0.717, 1.165) is 23.2 Å². The monoisotopic (exact) mass is 316 g/mol. The zero-order chi connectivity index (χ0) is 16.4. The lowest BCUT2D eigenvalue weighted by Gasteiger charge is -2.06. The number of nitrogens with zero attached hydrogens (tertiary/aromatic N) is 3. The smallest absolute Gasteiger partial charge is 0.238 e. The lowest BCUT2D eigenvalue weighted by Crippen LogP contribution is -1.93. The third kappa shape index (κ3) is 2.84. The highest BCUT2D eigenvalue weighted by Crippen LogP contribution is 2.23. The van der Waals surface area contributed by atoms with Gasteiger partial charge in [0.1, 0.15) is 11.4 Å². The summed E-state index contributed by atoms with van der Waals surface area (Å²) in [5.74, 6) is 1.86. The molecular weight excluding hydrogens is 300 g/mol. The molecular formula is C19H16N4O. The molecule has 0 spiro atoms. The molecule has 2 heterocycles. The summed E-state index contributed by atoms with van der Waals surface area (Å²) in [6, 6.07) is 15.8. The van der Waals surface area contributed by atoms with Gasteiger partial charge in [-0.2, -0.15) is 0 Å². The largest absolute Gasteiger partial charge is 0.437 e. The number of ether oxygens (including phenoxy) is 1. The summed E-state index contributed by atoms with van der Waals surface area (Å²) in [5, 5.41) is 0. The zero-order valence-corrected chi connectivity index (χ0v) is 13.2. The predicted molar refractivity (Wildman–Crippen MR) is 93.0 cm³/mol. The fourth-order valence-corrected chi connectivity index (χ4v) is 2.50. The minimum Gasteiger partial charge on any atom is -0.437 e. The van der Waals surface area contributed by atoms with Crippen LogP contribution in [-0.2, 0) is 6.42 Å². The summed E-state index contributed by atoms with van der Waals surface area (Å²) in [6.07, 6.45) is 4.27. The summed E-state index contributed by atoms with van der Waals surface area (Å²) in [6.45, 7) is 2.12. The fourth-order valence-electron chi connectivity index (χ4n) is 2.50. The van der Waals surface area contributed by atoms with Crippen LogP contribution in [0.4, 0.5) is 0 Å². The SMILES string of the molecule is CCc1ccc(Oc2cncc(-c3nc4ccccc4[nH]3)n2)cc1. The van der Waals surface area contributed by atoms with E-state index in [-0.39, 0.29) is 0 Å². The topological polar surface area (TPSA) is 63.7 Å². The van der Waals surface area contributed by atoms with Gasteiger partial charge >= 0.3 is 0 Å². The first-order valence-corrected chi connectivity index (χ1v) is 7.86. The number of benzene rings is 2. The van der Waals surface area contributed by atoms with Gasteiger partial charge in [0, 0.05) is 0 Å². The Morgan fingerprint density at radius 1 is 0.958 bits per heavy atom. The number of hydrogen-bond donors (Lipinski definition) is 1. The van der Waals surface area contributed by atoms with Crippen LogP contribution >= 0.6 is 0 Å². The Bertz CT molecular complexity index is 943. The predicted octanol–water partition coefficient (Wildman–Crippen LogP) is 4.37. The van der Waals surface area contributed by atoms with Crippen molar-refractivity contribution in [3.8, 4) is 23.1 Å². The van der Waals surface area contributed by atoms with Gasteiger partial charge < -0.3 is 9.72 Å². The van der Waals surface area contributed by atoms with Crippen LogP contribution in [0.3, 0.4) is 0 Å². The first kappa shape index (κ1) is 14.4. The third-order valence-corrected chi connectivity index (χ3v) is 3.80. The van der Waals surface area contributed by atoms with E-state index in [9.17, 15) is 0 Å². The first-order valence-electron chi connectivity index (χ1n) is 7.86. The van der Waals surface area contributed by atoms with Gasteiger partial charge in [-0.05, 0) is 36.2 Å². The molecule has 2 aromatic heterocycles. The van der Waals surface area contributed by atoms with Crippen LogP contribution in [0.25, 0.3) is 22.6 Å². The van der Waals surface area contributed by atoms with Crippen molar-refractivity contribution in [2.75, 3.05) is 0 Å². The number of hydrogen-bond acceptors (Lipinski definition) is 4. The molecule has 1 N–H and O–H groups in total. The number of nitrogens with one attached hydrogen (secondary N) is 1. The lowest BCUT2D eigenvalue weighted by molar-refractivity contribution is 0.460. The zero-order valence-electron chi connectivity index (χ0n) is 13.2. The Hall–Kier alpha value is -3.21. The summed E-state index contributed by atoms with van der Waals surface area (Å²) < 4.78 is 5.80. The van der Waals surface area contributed by atoms with Crippen molar-refractivity contribution >= 4 is 11.0 Å². The van der Waals surface area contributed by atoms with E-state index in [1.54, 1.807) is 12.4 Å². The molecule has 0 fully saturated rings. The molecule has 4 rings (SSSR count). The molecule has 24 heavy (non-hydrogen) atoms. The number of aromatic nitrogens is 4. The van der Waals surface area contributed by atoms with Gasteiger partial charge in [-0.1, -0.05) is 31.2 Å². The van der Waals surface area contributed by atoms with Crippen molar-refractivity contribution in [3.05, 3.63) is 66.5 Å². The molecule has 0 atom stereocenters. The van der Waals surface area contributed by atoms with Crippen LogP contribution in [-0.4, -0.2) is 19.9 Å². The molecule has 2 aromatic carbocycles. The molecule has 0 aliphatic heterocycles. The van der Waals surface area contributed by atoms with Crippen LogP contribution in [0.1, 0.15) is 12.5 Å². The van der Waals surface area contributed by atoms with Crippen LogP contribution in [0.5, 0.6) is 11.6 Å². The van der Waals surface area contributed by atoms with Gasteiger partial charge in [-0.25, -0.2) is 9.97 Å². The van der Waals surface area contributed by atoms with Crippen molar-refractivity contribution in [2.24, 2.45) is 0 Å². The summed E-state index contributed by atoms with van der Waals surface area (Å²) in [4.78, 5) is 16.5. The standard InChI is InChI=1S/C19H16N4O/c1-2-13-7-9-14(10-8-13)24-18-12-20-11-17(21-18)19-22-15-5-3-4-6-16(15)23-19/h3-12H,2H2,1H3,(H,22,23). The maximum Gasteiger partial charge on any atom is 0.238 e. The van der Waals surface area contributed by atoms with Crippen LogP contribution in [0.15, 0.2) is 60.9 Å². The van der Waals surface area contributed by atoms with Gasteiger partial charge in [0.15, 0.2) is 5.82 Å². The quantitative estimate of drug-likeness (QED) is 0.607. The Labute approximate surface area is 139 Å². The number of imidazole rings is 1. The molecule has 5 nitrogen and oxygen atoms in total. The average molecular weight is 316 g/mol. The van der Waals surface area contributed by atoms with E-state index < -0.39 is 0 Å². The molecule has 0 aliphatic carbocycles. The number of aryl methyl sites for hydroxylation is 1. The molecule has 5 heteroatoms. The Balaban J connectivity index is 1.62. The van der Waals surface area contributed by atoms with Crippen molar-refractivity contribution < 1.29 is 4.74 Å². The van der Waals surface area contributed by atoms with E-state index in [2.05, 4.69) is 26.9 Å².